The minimum atomic E-state index is -0.332. The summed E-state index contributed by atoms with van der Waals surface area (Å²) in [7, 11) is 1.87. The molecule has 0 aliphatic heterocycles. The van der Waals surface area contributed by atoms with Crippen LogP contribution in [0, 0.1) is 0 Å². The van der Waals surface area contributed by atoms with Crippen LogP contribution in [-0.2, 0) is 0 Å². The Kier molecular flexibility index (Phi) is 2.83. The van der Waals surface area contributed by atoms with Crippen molar-refractivity contribution in [2.24, 2.45) is 0 Å². The van der Waals surface area contributed by atoms with Gasteiger partial charge in [-0.05, 0) is 19.9 Å². The van der Waals surface area contributed by atoms with Crippen LogP contribution in [0.25, 0.3) is 0 Å². The highest BCUT2D eigenvalue weighted by molar-refractivity contribution is 5.31. The second-order valence-corrected chi connectivity index (χ2v) is 3.58. The van der Waals surface area contributed by atoms with Crippen LogP contribution in [0.1, 0.15) is 13.8 Å². The molecule has 13 heavy (non-hydrogen) atoms. The summed E-state index contributed by atoms with van der Waals surface area (Å²) in [5.41, 5.74) is -0.332. The Morgan fingerprint density at radius 3 is 2.38 bits per heavy atom. The molecule has 0 unspecified atom stereocenters. The van der Waals surface area contributed by atoms with Crippen LogP contribution >= 0.6 is 0 Å². The van der Waals surface area contributed by atoms with Crippen LogP contribution in [0.15, 0.2) is 18.5 Å². The lowest BCUT2D eigenvalue weighted by molar-refractivity contribution is 0.215. The molecule has 0 amide bonds. The average Bonchev–Trinajstić information content (AvgIpc) is 2.18. The zero-order valence-corrected chi connectivity index (χ0v) is 8.23. The molecule has 1 heterocycles. The molecule has 0 aliphatic rings. The van der Waals surface area contributed by atoms with E-state index in [9.17, 15) is 0 Å². The average molecular weight is 181 g/mol. The van der Waals surface area contributed by atoms with E-state index in [-0.39, 0.29) is 12.1 Å². The summed E-state index contributed by atoms with van der Waals surface area (Å²) in [6.07, 6.45) is 3.37. The van der Waals surface area contributed by atoms with Gasteiger partial charge in [-0.15, -0.1) is 0 Å². The highest BCUT2D eigenvalue weighted by Crippen LogP contribution is 2.16. The molecule has 1 aromatic rings. The molecule has 0 bridgehead atoms. The van der Waals surface area contributed by atoms with Gasteiger partial charge < -0.3 is 10.0 Å². The topological polar surface area (TPSA) is 49.2 Å². The predicted octanol–water partition coefficient (Wildman–Crippen LogP) is 0.684. The van der Waals surface area contributed by atoms with Gasteiger partial charge in [0.05, 0.1) is 12.1 Å². The van der Waals surface area contributed by atoms with E-state index in [1.54, 1.807) is 18.5 Å². The third-order valence-corrected chi connectivity index (χ3v) is 2.15. The Labute approximate surface area is 78.2 Å². The fraction of sp³-hybridized carbons (Fsp3) is 0.556. The van der Waals surface area contributed by atoms with Crippen LogP contribution < -0.4 is 4.90 Å². The van der Waals surface area contributed by atoms with Crippen LogP contribution in [0.4, 0.5) is 5.95 Å². The minimum absolute atomic E-state index is 0.0712. The molecule has 0 saturated carbocycles. The summed E-state index contributed by atoms with van der Waals surface area (Å²) in [6, 6.07) is 1.77. The quantitative estimate of drug-likeness (QED) is 0.745. The molecule has 4 nitrogen and oxygen atoms in total. The van der Waals surface area contributed by atoms with Crippen molar-refractivity contribution in [3.8, 4) is 0 Å². The van der Waals surface area contributed by atoms with Crippen molar-refractivity contribution >= 4 is 5.95 Å². The maximum Gasteiger partial charge on any atom is 0.225 e. The Bertz CT molecular complexity index is 261. The number of hydrogen-bond donors (Lipinski definition) is 1. The normalized spacial score (nSPS) is 11.4. The zero-order valence-electron chi connectivity index (χ0n) is 8.23. The summed E-state index contributed by atoms with van der Waals surface area (Å²) in [4.78, 5) is 10.0. The molecule has 0 aromatic carbocycles. The number of anilines is 1. The molecule has 4 heteroatoms. The molecule has 0 fully saturated rings. The maximum absolute atomic E-state index is 9.13. The third-order valence-electron chi connectivity index (χ3n) is 2.15. The van der Waals surface area contributed by atoms with Crippen molar-refractivity contribution in [1.82, 2.24) is 9.97 Å². The molecular formula is C9H15N3O. The van der Waals surface area contributed by atoms with E-state index in [4.69, 9.17) is 5.11 Å². The first-order chi connectivity index (χ1) is 6.08. The van der Waals surface area contributed by atoms with E-state index in [1.807, 2.05) is 25.8 Å². The Morgan fingerprint density at radius 2 is 1.92 bits per heavy atom. The van der Waals surface area contributed by atoms with Crippen molar-refractivity contribution in [1.29, 1.82) is 0 Å². The van der Waals surface area contributed by atoms with E-state index < -0.39 is 0 Å². The Morgan fingerprint density at radius 1 is 1.38 bits per heavy atom. The number of rotatable bonds is 3. The molecular weight excluding hydrogens is 166 g/mol. The lowest BCUT2D eigenvalue weighted by atomic mass is 10.1. The van der Waals surface area contributed by atoms with Gasteiger partial charge in [-0.3, -0.25) is 0 Å². The Balaban J connectivity index is 2.85. The number of aromatic nitrogens is 2. The molecule has 0 saturated heterocycles. The molecule has 1 rings (SSSR count). The SMILES string of the molecule is CN(c1ncccn1)C(C)(C)CO. The smallest absolute Gasteiger partial charge is 0.225 e. The van der Waals surface area contributed by atoms with Crippen LogP contribution in [0.5, 0.6) is 0 Å². The van der Waals surface area contributed by atoms with E-state index in [1.165, 1.54) is 0 Å². The number of aliphatic hydroxyl groups is 1. The lowest BCUT2D eigenvalue weighted by Crippen LogP contribution is -2.45. The summed E-state index contributed by atoms with van der Waals surface area (Å²) in [5.74, 6) is 0.626. The summed E-state index contributed by atoms with van der Waals surface area (Å²) in [6.45, 7) is 3.94. The highest BCUT2D eigenvalue weighted by Gasteiger charge is 2.24. The van der Waals surface area contributed by atoms with Crippen LogP contribution in [-0.4, -0.2) is 34.3 Å². The van der Waals surface area contributed by atoms with Crippen LogP contribution in [0.2, 0.25) is 0 Å². The van der Waals surface area contributed by atoms with Crippen molar-refractivity contribution in [2.45, 2.75) is 19.4 Å². The second-order valence-electron chi connectivity index (χ2n) is 3.58. The predicted molar refractivity (Wildman–Crippen MR) is 51.6 cm³/mol. The first-order valence-electron chi connectivity index (χ1n) is 4.19. The highest BCUT2D eigenvalue weighted by atomic mass is 16.3. The molecule has 0 atom stereocenters. The standard InChI is InChI=1S/C9H15N3O/c1-9(2,7-13)12(3)8-10-5-4-6-11-8/h4-6,13H,7H2,1-3H3. The van der Waals surface area contributed by atoms with Gasteiger partial charge >= 0.3 is 0 Å². The summed E-state index contributed by atoms with van der Waals surface area (Å²) >= 11 is 0. The molecule has 1 aromatic heterocycles. The number of hydrogen-bond acceptors (Lipinski definition) is 4. The van der Waals surface area contributed by atoms with Gasteiger partial charge in [0.1, 0.15) is 0 Å². The van der Waals surface area contributed by atoms with Crippen molar-refractivity contribution < 1.29 is 5.11 Å². The second kappa shape index (κ2) is 3.70. The summed E-state index contributed by atoms with van der Waals surface area (Å²) < 4.78 is 0. The van der Waals surface area contributed by atoms with E-state index >= 15 is 0 Å². The molecule has 0 spiro atoms. The first-order valence-corrected chi connectivity index (χ1v) is 4.19. The first kappa shape index (κ1) is 9.92. The molecule has 0 radical (unpaired) electrons. The van der Waals surface area contributed by atoms with Crippen molar-refractivity contribution in [3.63, 3.8) is 0 Å². The fourth-order valence-electron chi connectivity index (χ4n) is 0.841. The van der Waals surface area contributed by atoms with Crippen molar-refractivity contribution in [3.05, 3.63) is 18.5 Å². The largest absolute Gasteiger partial charge is 0.394 e. The van der Waals surface area contributed by atoms with Gasteiger partial charge in [-0.25, -0.2) is 9.97 Å². The van der Waals surface area contributed by atoms with Crippen molar-refractivity contribution in [2.75, 3.05) is 18.6 Å². The monoisotopic (exact) mass is 181 g/mol. The van der Waals surface area contributed by atoms with E-state index in [0.29, 0.717) is 5.95 Å². The van der Waals surface area contributed by atoms with E-state index in [2.05, 4.69) is 9.97 Å². The number of nitrogens with zero attached hydrogens (tertiary/aromatic N) is 3. The maximum atomic E-state index is 9.13. The van der Waals surface area contributed by atoms with Gasteiger partial charge in [-0.1, -0.05) is 0 Å². The summed E-state index contributed by atoms with van der Waals surface area (Å²) in [5, 5.41) is 9.13. The van der Waals surface area contributed by atoms with Gasteiger partial charge in [0.25, 0.3) is 0 Å². The van der Waals surface area contributed by atoms with Gasteiger partial charge in [0.2, 0.25) is 5.95 Å². The lowest BCUT2D eigenvalue weighted by Gasteiger charge is -2.33. The van der Waals surface area contributed by atoms with Gasteiger partial charge in [0.15, 0.2) is 0 Å². The molecule has 0 aliphatic carbocycles. The molecule has 72 valence electrons. The zero-order chi connectivity index (χ0) is 9.90. The van der Waals surface area contributed by atoms with Gasteiger partial charge in [0, 0.05) is 19.4 Å². The molecule has 1 N–H and O–H groups in total. The van der Waals surface area contributed by atoms with Crippen LogP contribution in [0.3, 0.4) is 0 Å². The number of aliphatic hydroxyl groups excluding tert-OH is 1. The third kappa shape index (κ3) is 2.15. The minimum Gasteiger partial charge on any atom is -0.394 e. The van der Waals surface area contributed by atoms with Gasteiger partial charge in [-0.2, -0.15) is 0 Å². The fourth-order valence-corrected chi connectivity index (χ4v) is 0.841. The Hall–Kier alpha value is -1.16. The van der Waals surface area contributed by atoms with E-state index in [0.717, 1.165) is 0 Å². The number of likely N-dealkylation sites (N-methyl/N-ethyl adjacent to an activating group) is 1.